The molecule has 1 amide bonds. The number of benzene rings is 2. The Bertz CT molecular complexity index is 1190. The van der Waals surface area contributed by atoms with E-state index in [2.05, 4.69) is 10.3 Å². The minimum Gasteiger partial charge on any atom is -0.298 e. The van der Waals surface area contributed by atoms with Crippen molar-refractivity contribution in [2.75, 3.05) is 19.4 Å². The molecule has 152 valence electrons. The molecule has 0 aliphatic rings. The average molecular weight is 491 g/mol. The summed E-state index contributed by atoms with van der Waals surface area (Å²) in [7, 11) is -1.03. The van der Waals surface area contributed by atoms with Gasteiger partial charge < -0.3 is 0 Å². The summed E-state index contributed by atoms with van der Waals surface area (Å²) in [5, 5.41) is 5.73. The number of nitrogens with one attached hydrogen (secondary N) is 1. The van der Waals surface area contributed by atoms with Gasteiger partial charge in [-0.1, -0.05) is 34.8 Å². The summed E-state index contributed by atoms with van der Waals surface area (Å²) in [5.41, 5.74) is 1.33. The third-order valence-corrected chi connectivity index (χ3v) is 7.50. The molecule has 0 aliphatic heterocycles. The molecule has 3 aromatic rings. The molecule has 0 aliphatic carbocycles. The van der Waals surface area contributed by atoms with E-state index >= 15 is 0 Å². The van der Waals surface area contributed by atoms with Crippen LogP contribution in [0.25, 0.3) is 11.3 Å². The van der Waals surface area contributed by atoms with E-state index in [0.717, 1.165) is 4.31 Å². The highest BCUT2D eigenvalue weighted by molar-refractivity contribution is 7.89. The molecule has 2 aromatic carbocycles. The second-order valence-electron chi connectivity index (χ2n) is 6.05. The first-order valence-corrected chi connectivity index (χ1v) is 11.5. The van der Waals surface area contributed by atoms with Crippen LogP contribution in [-0.4, -0.2) is 37.7 Å². The van der Waals surface area contributed by atoms with Crippen molar-refractivity contribution in [1.82, 2.24) is 9.29 Å². The minimum absolute atomic E-state index is 0.0300. The number of hydrogen-bond donors (Lipinski definition) is 1. The van der Waals surface area contributed by atoms with Gasteiger partial charge in [-0.3, -0.25) is 10.1 Å². The number of halogens is 3. The summed E-state index contributed by atoms with van der Waals surface area (Å²) in [6, 6.07) is 9.05. The van der Waals surface area contributed by atoms with Crippen molar-refractivity contribution in [3.05, 3.63) is 62.4 Å². The van der Waals surface area contributed by atoms with Crippen molar-refractivity contribution >= 4 is 67.2 Å². The summed E-state index contributed by atoms with van der Waals surface area (Å²) >= 11 is 19.4. The molecule has 3 rings (SSSR count). The van der Waals surface area contributed by atoms with Crippen molar-refractivity contribution in [2.45, 2.75) is 4.90 Å². The zero-order valence-electron chi connectivity index (χ0n) is 15.1. The van der Waals surface area contributed by atoms with Crippen LogP contribution in [-0.2, 0) is 10.0 Å². The summed E-state index contributed by atoms with van der Waals surface area (Å²) in [4.78, 5) is 16.8. The molecule has 0 bridgehead atoms. The summed E-state index contributed by atoms with van der Waals surface area (Å²) in [6.07, 6.45) is 0. The van der Waals surface area contributed by atoms with Gasteiger partial charge in [0.1, 0.15) is 4.90 Å². The molecule has 6 nitrogen and oxygen atoms in total. The van der Waals surface area contributed by atoms with Crippen LogP contribution in [0.1, 0.15) is 10.4 Å². The normalized spacial score (nSPS) is 11.7. The smallest absolute Gasteiger partial charge is 0.257 e. The van der Waals surface area contributed by atoms with E-state index in [0.29, 0.717) is 26.4 Å². The topological polar surface area (TPSA) is 79.4 Å². The van der Waals surface area contributed by atoms with Crippen LogP contribution in [0, 0.1) is 0 Å². The Morgan fingerprint density at radius 1 is 1.07 bits per heavy atom. The van der Waals surface area contributed by atoms with Crippen LogP contribution < -0.4 is 5.32 Å². The number of hydrogen-bond acceptors (Lipinski definition) is 5. The van der Waals surface area contributed by atoms with Gasteiger partial charge in [0.2, 0.25) is 10.0 Å². The molecule has 0 radical (unpaired) electrons. The molecule has 0 saturated heterocycles. The van der Waals surface area contributed by atoms with Gasteiger partial charge in [-0.05, 0) is 36.4 Å². The van der Waals surface area contributed by atoms with Crippen LogP contribution in [0.2, 0.25) is 15.1 Å². The zero-order chi connectivity index (χ0) is 21.3. The minimum atomic E-state index is -3.80. The van der Waals surface area contributed by atoms with Gasteiger partial charge in [-0.2, -0.15) is 0 Å². The number of nitrogens with zero attached hydrogens (tertiary/aromatic N) is 2. The van der Waals surface area contributed by atoms with Crippen molar-refractivity contribution in [3.8, 4) is 11.3 Å². The average Bonchev–Trinajstić information content (AvgIpc) is 3.11. The largest absolute Gasteiger partial charge is 0.298 e. The molecular weight excluding hydrogens is 477 g/mol. The zero-order valence-corrected chi connectivity index (χ0v) is 19.0. The molecule has 0 spiro atoms. The lowest BCUT2D eigenvalue weighted by atomic mass is 10.2. The maximum absolute atomic E-state index is 12.6. The highest BCUT2D eigenvalue weighted by atomic mass is 35.5. The number of thiazole rings is 1. The van der Waals surface area contributed by atoms with Crippen molar-refractivity contribution in [3.63, 3.8) is 0 Å². The summed E-state index contributed by atoms with van der Waals surface area (Å²) < 4.78 is 25.8. The van der Waals surface area contributed by atoms with Gasteiger partial charge in [0.15, 0.2) is 5.13 Å². The van der Waals surface area contributed by atoms with E-state index in [9.17, 15) is 13.2 Å². The van der Waals surface area contributed by atoms with Crippen LogP contribution in [0.5, 0.6) is 0 Å². The van der Waals surface area contributed by atoms with Crippen LogP contribution in [0.4, 0.5) is 5.13 Å². The summed E-state index contributed by atoms with van der Waals surface area (Å²) in [6.45, 7) is 0. The van der Waals surface area contributed by atoms with Crippen LogP contribution in [0.15, 0.2) is 46.7 Å². The molecule has 11 heteroatoms. The fraction of sp³-hybridized carbons (Fsp3) is 0.111. The Morgan fingerprint density at radius 3 is 2.45 bits per heavy atom. The van der Waals surface area contributed by atoms with Crippen molar-refractivity contribution in [1.29, 1.82) is 0 Å². The number of carbonyl (C=O) groups excluding carboxylic acids is 1. The number of amides is 1. The Morgan fingerprint density at radius 2 is 1.76 bits per heavy atom. The van der Waals surface area contributed by atoms with E-state index in [-0.39, 0.29) is 15.5 Å². The Labute approximate surface area is 187 Å². The lowest BCUT2D eigenvalue weighted by molar-refractivity contribution is 0.102. The molecule has 0 unspecified atom stereocenters. The molecule has 0 atom stereocenters. The maximum Gasteiger partial charge on any atom is 0.257 e. The SMILES string of the molecule is CN(C)S(=O)(=O)c1cc(C(=O)Nc2nc(-c3cc(Cl)ccc3Cl)cs2)ccc1Cl. The van der Waals surface area contributed by atoms with E-state index in [4.69, 9.17) is 34.8 Å². The van der Waals surface area contributed by atoms with Gasteiger partial charge in [-0.25, -0.2) is 17.7 Å². The van der Waals surface area contributed by atoms with Gasteiger partial charge in [0, 0.05) is 35.6 Å². The van der Waals surface area contributed by atoms with Gasteiger partial charge in [0.05, 0.1) is 15.7 Å². The standard InChI is InChI=1S/C18H14Cl3N3O3S2/c1-24(2)29(26,27)16-7-10(3-5-14(16)21)17(25)23-18-22-15(9-28-18)12-8-11(19)4-6-13(12)20/h3-9H,1-2H3,(H,22,23,25). The Balaban J connectivity index is 1.87. The lowest BCUT2D eigenvalue weighted by Crippen LogP contribution is -2.23. The second kappa shape index (κ2) is 8.59. The maximum atomic E-state index is 12.6. The van der Waals surface area contributed by atoms with E-state index < -0.39 is 15.9 Å². The second-order valence-corrected chi connectivity index (χ2v) is 10.3. The number of sulfonamides is 1. The van der Waals surface area contributed by atoms with E-state index in [1.807, 2.05) is 0 Å². The molecule has 29 heavy (non-hydrogen) atoms. The van der Waals surface area contributed by atoms with E-state index in [1.165, 1.54) is 43.6 Å². The van der Waals surface area contributed by atoms with Gasteiger partial charge >= 0.3 is 0 Å². The molecule has 1 heterocycles. The van der Waals surface area contributed by atoms with Crippen molar-refractivity contribution in [2.24, 2.45) is 0 Å². The van der Waals surface area contributed by atoms with Crippen LogP contribution >= 0.6 is 46.1 Å². The molecular formula is C18H14Cl3N3O3S2. The monoisotopic (exact) mass is 489 g/mol. The predicted molar refractivity (Wildman–Crippen MR) is 118 cm³/mol. The van der Waals surface area contributed by atoms with E-state index in [1.54, 1.807) is 23.6 Å². The van der Waals surface area contributed by atoms with Gasteiger partial charge in [-0.15, -0.1) is 11.3 Å². The Kier molecular flexibility index (Phi) is 6.52. The lowest BCUT2D eigenvalue weighted by Gasteiger charge is -2.13. The predicted octanol–water partition coefficient (Wildman–Crippen LogP) is 5.27. The first-order valence-electron chi connectivity index (χ1n) is 8.04. The number of anilines is 1. The fourth-order valence-corrected chi connectivity index (χ4v) is 4.84. The first kappa shape index (κ1) is 22.0. The third-order valence-electron chi connectivity index (χ3n) is 3.88. The number of rotatable bonds is 5. The highest BCUT2D eigenvalue weighted by Crippen LogP contribution is 2.33. The first-order chi connectivity index (χ1) is 13.6. The molecule has 0 fully saturated rings. The summed E-state index contributed by atoms with van der Waals surface area (Å²) in [5.74, 6) is -0.519. The quantitative estimate of drug-likeness (QED) is 0.528. The van der Waals surface area contributed by atoms with Crippen molar-refractivity contribution < 1.29 is 13.2 Å². The van der Waals surface area contributed by atoms with Gasteiger partial charge in [0.25, 0.3) is 5.91 Å². The molecule has 1 aromatic heterocycles. The molecule has 0 saturated carbocycles. The number of carbonyl (C=O) groups is 1. The third kappa shape index (κ3) is 4.74. The van der Waals surface area contributed by atoms with Crippen LogP contribution in [0.3, 0.4) is 0 Å². The highest BCUT2D eigenvalue weighted by Gasteiger charge is 2.23. The fourth-order valence-electron chi connectivity index (χ4n) is 2.36. The molecule has 1 N–H and O–H groups in total. The Hall–Kier alpha value is -1.68. The number of aromatic nitrogens is 1.